The lowest BCUT2D eigenvalue weighted by Gasteiger charge is -2.37. The smallest absolute Gasteiger partial charge is 0.174 e. The van der Waals surface area contributed by atoms with Crippen molar-refractivity contribution in [2.24, 2.45) is 11.8 Å². The number of phenolic OH excluding ortho intramolecular Hbond substituents is 3. The summed E-state index contributed by atoms with van der Waals surface area (Å²) in [4.78, 5) is 13.9. The van der Waals surface area contributed by atoms with E-state index in [1.54, 1.807) is 12.1 Å². The molecule has 5 heteroatoms. The average Bonchev–Trinajstić information content (AvgIpc) is 2.72. The summed E-state index contributed by atoms with van der Waals surface area (Å²) < 4.78 is 5.34. The molecule has 1 aliphatic rings. The number of benzene rings is 2. The summed E-state index contributed by atoms with van der Waals surface area (Å²) in [5.74, 6) is -0.950. The van der Waals surface area contributed by atoms with Gasteiger partial charge in [-0.3, -0.25) is 4.79 Å². The molecule has 0 fully saturated rings. The molecule has 3 atom stereocenters. The third-order valence-corrected chi connectivity index (χ3v) is 6.08. The molecule has 164 valence electrons. The Labute approximate surface area is 183 Å². The van der Waals surface area contributed by atoms with Crippen molar-refractivity contribution in [1.29, 1.82) is 0 Å². The van der Waals surface area contributed by atoms with Gasteiger partial charge in [0.05, 0.1) is 7.11 Å². The molecule has 0 saturated carbocycles. The molecule has 2 aromatic carbocycles. The molecule has 0 aliphatic heterocycles. The highest BCUT2D eigenvalue weighted by Crippen LogP contribution is 2.47. The molecule has 31 heavy (non-hydrogen) atoms. The average molecular weight is 423 g/mol. The summed E-state index contributed by atoms with van der Waals surface area (Å²) in [6.45, 7) is 6.11. The minimum atomic E-state index is -0.436. The van der Waals surface area contributed by atoms with Crippen molar-refractivity contribution in [3.8, 4) is 23.0 Å². The maximum absolute atomic E-state index is 13.9. The molecule has 1 aliphatic carbocycles. The first-order valence-electron chi connectivity index (χ1n) is 10.5. The normalized spacial score (nSPS) is 20.6. The number of carbonyl (C=O) groups excluding carboxylic acids is 1. The van der Waals surface area contributed by atoms with Gasteiger partial charge in [-0.2, -0.15) is 0 Å². The number of hydrogen-bond acceptors (Lipinski definition) is 5. The number of rotatable bonds is 6. The van der Waals surface area contributed by atoms with Gasteiger partial charge in [0.1, 0.15) is 28.6 Å². The van der Waals surface area contributed by atoms with Crippen LogP contribution in [0.25, 0.3) is 0 Å². The first-order valence-corrected chi connectivity index (χ1v) is 10.5. The monoisotopic (exact) mass is 422 g/mol. The van der Waals surface area contributed by atoms with Crippen molar-refractivity contribution in [3.05, 3.63) is 70.8 Å². The zero-order chi connectivity index (χ0) is 22.7. The van der Waals surface area contributed by atoms with Crippen LogP contribution in [0.4, 0.5) is 0 Å². The molecule has 0 unspecified atom stereocenters. The van der Waals surface area contributed by atoms with Crippen molar-refractivity contribution in [3.63, 3.8) is 0 Å². The summed E-state index contributed by atoms with van der Waals surface area (Å²) in [6, 6.07) is 9.47. The van der Waals surface area contributed by atoms with Crippen LogP contribution < -0.4 is 4.74 Å². The second-order valence-electron chi connectivity index (χ2n) is 8.44. The Balaban J connectivity index is 2.15. The van der Waals surface area contributed by atoms with E-state index in [4.69, 9.17) is 4.74 Å². The van der Waals surface area contributed by atoms with Crippen molar-refractivity contribution >= 4 is 5.78 Å². The van der Waals surface area contributed by atoms with Crippen LogP contribution in [0.2, 0.25) is 0 Å². The maximum atomic E-state index is 13.9. The second kappa shape index (κ2) is 9.29. The Morgan fingerprint density at radius 3 is 2.39 bits per heavy atom. The predicted molar refractivity (Wildman–Crippen MR) is 121 cm³/mol. The van der Waals surface area contributed by atoms with Crippen molar-refractivity contribution in [1.82, 2.24) is 0 Å². The quantitative estimate of drug-likeness (QED) is 0.410. The summed E-state index contributed by atoms with van der Waals surface area (Å²) in [5, 5.41) is 30.1. The van der Waals surface area contributed by atoms with E-state index in [-0.39, 0.29) is 46.2 Å². The van der Waals surface area contributed by atoms with Gasteiger partial charge in [0.2, 0.25) is 0 Å². The van der Waals surface area contributed by atoms with E-state index in [1.165, 1.54) is 24.8 Å². The van der Waals surface area contributed by atoms with E-state index in [0.29, 0.717) is 12.8 Å². The number of ketones is 1. The lowest BCUT2D eigenvalue weighted by molar-refractivity contribution is 0.0844. The Bertz CT molecular complexity index is 1010. The van der Waals surface area contributed by atoms with Crippen LogP contribution in [-0.4, -0.2) is 28.2 Å². The molecule has 0 spiro atoms. The molecule has 0 saturated heterocycles. The van der Waals surface area contributed by atoms with Gasteiger partial charge in [0.15, 0.2) is 5.78 Å². The number of hydrogen-bond donors (Lipinski definition) is 3. The lowest BCUT2D eigenvalue weighted by Crippen LogP contribution is -2.33. The molecule has 0 bridgehead atoms. The van der Waals surface area contributed by atoms with Gasteiger partial charge in [-0.1, -0.05) is 35.4 Å². The van der Waals surface area contributed by atoms with Crippen LogP contribution in [0.3, 0.4) is 0 Å². The predicted octanol–water partition coefficient (Wildman–Crippen LogP) is 5.72. The van der Waals surface area contributed by atoms with Crippen molar-refractivity contribution in [2.75, 3.05) is 7.11 Å². The minimum absolute atomic E-state index is 0.0483. The second-order valence-corrected chi connectivity index (χ2v) is 8.44. The van der Waals surface area contributed by atoms with Crippen LogP contribution in [0, 0.1) is 11.8 Å². The number of ether oxygens (including phenoxy) is 1. The Kier molecular flexibility index (Phi) is 6.74. The molecule has 2 aromatic rings. The molecule has 3 N–H and O–H groups in total. The Hall–Kier alpha value is -3.21. The summed E-state index contributed by atoms with van der Waals surface area (Å²) in [6.07, 6.45) is 5.70. The number of phenols is 3. The maximum Gasteiger partial charge on any atom is 0.174 e. The topological polar surface area (TPSA) is 87.0 Å². The summed E-state index contributed by atoms with van der Waals surface area (Å²) >= 11 is 0. The van der Waals surface area contributed by atoms with Gasteiger partial charge < -0.3 is 20.1 Å². The number of carbonyl (C=O) groups is 1. The van der Waals surface area contributed by atoms with Crippen LogP contribution in [0.1, 0.15) is 55.5 Å². The van der Waals surface area contributed by atoms with Crippen LogP contribution in [-0.2, 0) is 0 Å². The van der Waals surface area contributed by atoms with E-state index >= 15 is 0 Å². The first-order chi connectivity index (χ1) is 14.7. The minimum Gasteiger partial charge on any atom is -0.508 e. The molecule has 5 nitrogen and oxygen atoms in total. The highest BCUT2D eigenvalue weighted by atomic mass is 16.5. The first kappa shape index (κ1) is 22.5. The molecule has 0 amide bonds. The van der Waals surface area contributed by atoms with Gasteiger partial charge in [-0.05, 0) is 63.1 Å². The number of Topliss-reactive ketones (excluding diaryl/α,β-unsaturated/α-hetero) is 1. The van der Waals surface area contributed by atoms with E-state index in [1.807, 2.05) is 32.9 Å². The highest BCUT2D eigenvalue weighted by molar-refractivity contribution is 6.04. The fourth-order valence-corrected chi connectivity index (χ4v) is 4.46. The molecule has 0 aromatic heterocycles. The van der Waals surface area contributed by atoms with Gasteiger partial charge in [0, 0.05) is 18.1 Å². The van der Waals surface area contributed by atoms with Gasteiger partial charge in [0.25, 0.3) is 0 Å². The molecular formula is C26H30O5. The summed E-state index contributed by atoms with van der Waals surface area (Å²) in [7, 11) is 1.41. The fraction of sp³-hybridized carbons (Fsp3) is 0.346. The van der Waals surface area contributed by atoms with E-state index in [2.05, 4.69) is 12.2 Å². The standard InChI is InChI=1S/C26H30O5/c1-15(2)5-11-20-16(3)6-12-21(17-7-9-18(27)10-8-17)24(20)26(30)25-22(29)13-19(28)14-23(25)31-4/h5-10,13-14,20-21,24,27-29H,11-12H2,1-4H3/t20-,21+,24-/m1/s1. The van der Waals surface area contributed by atoms with Gasteiger partial charge in [-0.15, -0.1) is 0 Å². The third-order valence-electron chi connectivity index (χ3n) is 6.08. The van der Waals surface area contributed by atoms with Crippen LogP contribution in [0.15, 0.2) is 59.7 Å². The molecular weight excluding hydrogens is 392 g/mol. The van der Waals surface area contributed by atoms with E-state index in [9.17, 15) is 20.1 Å². The zero-order valence-corrected chi connectivity index (χ0v) is 18.4. The van der Waals surface area contributed by atoms with Gasteiger partial charge >= 0.3 is 0 Å². The van der Waals surface area contributed by atoms with E-state index in [0.717, 1.165) is 11.1 Å². The molecule has 3 rings (SSSR count). The highest BCUT2D eigenvalue weighted by Gasteiger charge is 2.41. The SMILES string of the molecule is COc1cc(O)cc(O)c1C(=O)[C@@H]1[C@H](CC=C(C)C)C(C)=CC[C@H]1c1ccc(O)cc1. The largest absolute Gasteiger partial charge is 0.508 e. The molecule has 0 heterocycles. The fourth-order valence-electron chi connectivity index (χ4n) is 4.46. The zero-order valence-electron chi connectivity index (χ0n) is 18.4. The van der Waals surface area contributed by atoms with Crippen molar-refractivity contribution < 1.29 is 24.9 Å². The Morgan fingerprint density at radius 2 is 1.77 bits per heavy atom. The third kappa shape index (κ3) is 4.76. The van der Waals surface area contributed by atoms with Gasteiger partial charge in [-0.25, -0.2) is 0 Å². The van der Waals surface area contributed by atoms with E-state index < -0.39 is 5.92 Å². The number of aromatic hydroxyl groups is 3. The molecule has 0 radical (unpaired) electrons. The number of methoxy groups -OCH3 is 1. The lowest BCUT2D eigenvalue weighted by atomic mass is 9.65. The van der Waals surface area contributed by atoms with Crippen LogP contribution >= 0.6 is 0 Å². The Morgan fingerprint density at radius 1 is 1.10 bits per heavy atom. The summed E-state index contributed by atoms with van der Waals surface area (Å²) in [5.41, 5.74) is 3.37. The van der Waals surface area contributed by atoms with Crippen LogP contribution in [0.5, 0.6) is 23.0 Å². The van der Waals surface area contributed by atoms with Crippen molar-refractivity contribution in [2.45, 2.75) is 39.5 Å². The number of allylic oxidation sites excluding steroid dienone is 4.